The zero-order valence-corrected chi connectivity index (χ0v) is 16.6. The number of alkyl halides is 3. The molecule has 2 aromatic heterocycles. The van der Waals surface area contributed by atoms with Gasteiger partial charge in [0.15, 0.2) is 5.76 Å². The number of carbonyl (C=O) groups is 1. The number of halogens is 3. The Morgan fingerprint density at radius 2 is 1.72 bits per heavy atom. The molecule has 1 amide bonds. The smallest absolute Gasteiger partial charge is 0.416 e. The first kappa shape index (κ1) is 21.2. The van der Waals surface area contributed by atoms with Crippen LogP contribution in [0, 0.1) is 0 Å². The maximum atomic E-state index is 12.9. The molecule has 0 fully saturated rings. The van der Waals surface area contributed by atoms with Crippen LogP contribution in [0.2, 0.25) is 0 Å². The largest absolute Gasteiger partial charge is 0.451 e. The molecular formula is C24H17F3N2O3. The van der Waals surface area contributed by atoms with E-state index in [9.17, 15) is 22.8 Å². The Hall–Kier alpha value is -4.07. The minimum atomic E-state index is -4.47. The van der Waals surface area contributed by atoms with Gasteiger partial charge >= 0.3 is 6.18 Å². The summed E-state index contributed by atoms with van der Waals surface area (Å²) < 4.78 is 45.8. The number of benzene rings is 2. The summed E-state index contributed by atoms with van der Waals surface area (Å²) in [4.78, 5) is 24.3. The highest BCUT2D eigenvalue weighted by Crippen LogP contribution is 2.32. The number of nitrogens with zero attached hydrogens (tertiary/aromatic N) is 1. The van der Waals surface area contributed by atoms with Gasteiger partial charge in [-0.15, -0.1) is 0 Å². The number of pyridine rings is 1. The molecule has 8 heteroatoms. The zero-order chi connectivity index (χ0) is 22.7. The Bertz CT molecular complexity index is 1300. The van der Waals surface area contributed by atoms with Gasteiger partial charge in [-0.3, -0.25) is 9.59 Å². The van der Waals surface area contributed by atoms with Crippen LogP contribution in [0.25, 0.3) is 11.3 Å². The molecule has 0 aliphatic carbocycles. The summed E-state index contributed by atoms with van der Waals surface area (Å²) in [7, 11) is 0. The van der Waals surface area contributed by atoms with Crippen LogP contribution in [-0.2, 0) is 12.7 Å². The standard InChI is InChI=1S/C24H17F3N2O3/c25-24(26,27)18-5-3-4-17(14-18)20-11-12-21(32-20)23(31)28-19-9-7-16(8-10-19)15-29-13-2-1-6-22(29)30/h1-14H,15H2,(H,28,31). The van der Waals surface area contributed by atoms with Crippen molar-refractivity contribution in [2.24, 2.45) is 0 Å². The number of furan rings is 1. The minimum Gasteiger partial charge on any atom is -0.451 e. The van der Waals surface area contributed by atoms with E-state index in [4.69, 9.17) is 4.42 Å². The SMILES string of the molecule is O=C(Nc1ccc(Cn2ccccc2=O)cc1)c1ccc(-c2cccc(C(F)(F)F)c2)o1. The number of rotatable bonds is 5. The topological polar surface area (TPSA) is 64.2 Å². The molecule has 0 unspecified atom stereocenters. The molecule has 1 N–H and O–H groups in total. The predicted octanol–water partition coefficient (Wildman–Crippen LogP) is 5.43. The second-order valence-corrected chi connectivity index (χ2v) is 7.06. The second kappa shape index (κ2) is 8.58. The van der Waals surface area contributed by atoms with Gasteiger partial charge in [-0.05, 0) is 48.0 Å². The van der Waals surface area contributed by atoms with Crippen LogP contribution in [0.1, 0.15) is 21.7 Å². The third-order valence-electron chi connectivity index (χ3n) is 4.77. The molecule has 4 rings (SSSR count). The molecule has 0 saturated carbocycles. The summed E-state index contributed by atoms with van der Waals surface area (Å²) >= 11 is 0. The molecule has 4 aromatic rings. The van der Waals surface area contributed by atoms with Crippen LogP contribution in [0.3, 0.4) is 0 Å². The third kappa shape index (κ3) is 4.80. The maximum absolute atomic E-state index is 12.9. The van der Waals surface area contributed by atoms with Crippen LogP contribution >= 0.6 is 0 Å². The summed E-state index contributed by atoms with van der Waals surface area (Å²) in [6.45, 7) is 0.395. The van der Waals surface area contributed by atoms with Crippen molar-refractivity contribution in [2.45, 2.75) is 12.7 Å². The summed E-state index contributed by atoms with van der Waals surface area (Å²) in [6.07, 6.45) is -2.78. The molecule has 0 radical (unpaired) electrons. The van der Waals surface area contributed by atoms with Crippen molar-refractivity contribution in [1.82, 2.24) is 4.57 Å². The molecule has 0 spiro atoms. The first-order chi connectivity index (χ1) is 15.3. The minimum absolute atomic E-state index is 0.0303. The third-order valence-corrected chi connectivity index (χ3v) is 4.77. The zero-order valence-electron chi connectivity index (χ0n) is 16.6. The highest BCUT2D eigenvalue weighted by Gasteiger charge is 2.30. The van der Waals surface area contributed by atoms with Gasteiger partial charge in [-0.25, -0.2) is 0 Å². The van der Waals surface area contributed by atoms with Crippen molar-refractivity contribution in [2.75, 3.05) is 5.32 Å². The lowest BCUT2D eigenvalue weighted by molar-refractivity contribution is -0.137. The summed E-state index contributed by atoms with van der Waals surface area (Å²) in [5, 5.41) is 2.68. The van der Waals surface area contributed by atoms with E-state index < -0.39 is 17.6 Å². The van der Waals surface area contributed by atoms with Gasteiger partial charge in [0.25, 0.3) is 11.5 Å². The van der Waals surface area contributed by atoms with E-state index in [2.05, 4.69) is 5.32 Å². The first-order valence-corrected chi connectivity index (χ1v) is 9.63. The van der Waals surface area contributed by atoms with Crippen molar-refractivity contribution in [3.8, 4) is 11.3 Å². The first-order valence-electron chi connectivity index (χ1n) is 9.63. The average molecular weight is 438 g/mol. The van der Waals surface area contributed by atoms with Gasteiger partial charge in [0, 0.05) is 23.5 Å². The fraction of sp³-hybridized carbons (Fsp3) is 0.0833. The van der Waals surface area contributed by atoms with Crippen LogP contribution in [-0.4, -0.2) is 10.5 Å². The Balaban J connectivity index is 1.44. The highest BCUT2D eigenvalue weighted by atomic mass is 19.4. The van der Waals surface area contributed by atoms with Crippen molar-refractivity contribution in [3.63, 3.8) is 0 Å². The second-order valence-electron chi connectivity index (χ2n) is 7.06. The Morgan fingerprint density at radius 3 is 2.44 bits per heavy atom. The molecule has 2 heterocycles. The molecular weight excluding hydrogens is 421 g/mol. The summed E-state index contributed by atoms with van der Waals surface area (Å²) in [5.41, 5.74) is 0.700. The van der Waals surface area contributed by atoms with E-state index in [0.717, 1.165) is 17.7 Å². The van der Waals surface area contributed by atoms with Crippen molar-refractivity contribution in [3.05, 3.63) is 112 Å². The molecule has 32 heavy (non-hydrogen) atoms. The lowest BCUT2D eigenvalue weighted by Crippen LogP contribution is -2.18. The number of hydrogen-bond donors (Lipinski definition) is 1. The average Bonchev–Trinajstić information content (AvgIpc) is 3.27. The summed E-state index contributed by atoms with van der Waals surface area (Å²) in [5.74, 6) is -0.405. The Labute approximate surface area is 180 Å². The monoisotopic (exact) mass is 438 g/mol. The van der Waals surface area contributed by atoms with E-state index in [-0.39, 0.29) is 22.6 Å². The molecule has 0 bridgehead atoms. The normalized spacial score (nSPS) is 11.3. The molecule has 0 aliphatic heterocycles. The summed E-state index contributed by atoms with van der Waals surface area (Å²) in [6, 6.07) is 19.4. The lowest BCUT2D eigenvalue weighted by Gasteiger charge is -2.08. The number of anilines is 1. The predicted molar refractivity (Wildman–Crippen MR) is 113 cm³/mol. The van der Waals surface area contributed by atoms with Crippen molar-refractivity contribution >= 4 is 11.6 Å². The number of nitrogens with one attached hydrogen (secondary N) is 1. The number of aromatic nitrogens is 1. The lowest BCUT2D eigenvalue weighted by atomic mass is 10.1. The van der Waals surface area contributed by atoms with Gasteiger partial charge < -0.3 is 14.3 Å². The van der Waals surface area contributed by atoms with E-state index in [0.29, 0.717) is 12.2 Å². The maximum Gasteiger partial charge on any atom is 0.416 e. The number of carbonyl (C=O) groups excluding carboxylic acids is 1. The van der Waals surface area contributed by atoms with Gasteiger partial charge in [0.2, 0.25) is 0 Å². The van der Waals surface area contributed by atoms with Gasteiger partial charge in [-0.2, -0.15) is 13.2 Å². The van der Waals surface area contributed by atoms with E-state index in [1.54, 1.807) is 47.2 Å². The fourth-order valence-corrected chi connectivity index (χ4v) is 3.14. The fourth-order valence-electron chi connectivity index (χ4n) is 3.14. The van der Waals surface area contributed by atoms with E-state index in [1.807, 2.05) is 0 Å². The van der Waals surface area contributed by atoms with E-state index >= 15 is 0 Å². The quantitative estimate of drug-likeness (QED) is 0.452. The molecule has 0 aliphatic rings. The van der Waals surface area contributed by atoms with Gasteiger partial charge in [-0.1, -0.05) is 30.3 Å². The van der Waals surface area contributed by atoms with Crippen LogP contribution in [0.4, 0.5) is 18.9 Å². The number of hydrogen-bond acceptors (Lipinski definition) is 3. The van der Waals surface area contributed by atoms with Crippen LogP contribution in [0.15, 0.2) is 94.3 Å². The number of amides is 1. The molecule has 162 valence electrons. The molecule has 0 saturated heterocycles. The Morgan fingerprint density at radius 1 is 0.938 bits per heavy atom. The molecule has 0 atom stereocenters. The van der Waals surface area contributed by atoms with Gasteiger partial charge in [0.1, 0.15) is 5.76 Å². The van der Waals surface area contributed by atoms with Crippen LogP contribution in [0.5, 0.6) is 0 Å². The van der Waals surface area contributed by atoms with E-state index in [1.165, 1.54) is 30.3 Å². The van der Waals surface area contributed by atoms with Crippen molar-refractivity contribution < 1.29 is 22.4 Å². The molecule has 5 nitrogen and oxygen atoms in total. The van der Waals surface area contributed by atoms with Crippen molar-refractivity contribution in [1.29, 1.82) is 0 Å². The highest BCUT2D eigenvalue weighted by molar-refractivity contribution is 6.02. The van der Waals surface area contributed by atoms with Crippen LogP contribution < -0.4 is 10.9 Å². The molecule has 2 aromatic carbocycles. The Kier molecular flexibility index (Phi) is 5.68. The van der Waals surface area contributed by atoms with Gasteiger partial charge in [0.05, 0.1) is 12.1 Å².